The van der Waals surface area contributed by atoms with Gasteiger partial charge in [-0.3, -0.25) is 0 Å². The number of ether oxygens (including phenoxy) is 1. The summed E-state index contributed by atoms with van der Waals surface area (Å²) in [6.45, 7) is 4.40. The zero-order valence-corrected chi connectivity index (χ0v) is 11.7. The number of carboxylic acids is 1. The van der Waals surface area contributed by atoms with Crippen LogP contribution < -0.4 is 4.74 Å². The molecule has 1 heterocycles. The molecule has 0 aromatic carbocycles. The van der Waals surface area contributed by atoms with E-state index in [2.05, 4.69) is 4.98 Å². The minimum Gasteiger partial charge on any atom is -0.478 e. The molecule has 0 saturated heterocycles. The number of likely N-dealkylation sites (N-methyl/N-ethyl adjacent to an activating group) is 1. The van der Waals surface area contributed by atoms with Gasteiger partial charge in [-0.15, -0.1) is 0 Å². The van der Waals surface area contributed by atoms with E-state index >= 15 is 0 Å². The number of hydrogen-bond donors (Lipinski definition) is 1. The number of carboxylic acid groups (broad SMARTS) is 1. The van der Waals surface area contributed by atoms with Gasteiger partial charge in [0.15, 0.2) is 0 Å². The predicted molar refractivity (Wildman–Crippen MR) is 69.5 cm³/mol. The summed E-state index contributed by atoms with van der Waals surface area (Å²) in [5.74, 6) is -0.842. The fourth-order valence-electron chi connectivity index (χ4n) is 1.05. The second-order valence-electron chi connectivity index (χ2n) is 4.82. The molecule has 0 unspecified atom stereocenters. The van der Waals surface area contributed by atoms with Crippen LogP contribution in [0.2, 0.25) is 5.15 Å². The average molecular weight is 273 g/mol. The van der Waals surface area contributed by atoms with Gasteiger partial charge in [0.1, 0.15) is 11.8 Å². The zero-order valence-electron chi connectivity index (χ0n) is 10.9. The normalized spacial score (nSPS) is 11.7. The molecule has 1 rings (SSSR count). The highest BCUT2D eigenvalue weighted by Gasteiger charge is 2.22. The van der Waals surface area contributed by atoms with Crippen LogP contribution in [0.1, 0.15) is 24.2 Å². The Hall–Kier alpha value is -1.33. The summed E-state index contributed by atoms with van der Waals surface area (Å²) < 4.78 is 5.50. The molecule has 0 fully saturated rings. The number of carbonyl (C=O) groups is 1. The van der Waals surface area contributed by atoms with E-state index in [1.807, 2.05) is 32.8 Å². The van der Waals surface area contributed by atoms with Crippen molar-refractivity contribution < 1.29 is 14.6 Å². The van der Waals surface area contributed by atoms with Crippen molar-refractivity contribution in [3.05, 3.63) is 22.8 Å². The van der Waals surface area contributed by atoms with E-state index in [9.17, 15) is 4.79 Å². The van der Waals surface area contributed by atoms with Gasteiger partial charge in [-0.1, -0.05) is 11.6 Å². The van der Waals surface area contributed by atoms with Crippen molar-refractivity contribution in [2.45, 2.75) is 19.4 Å². The summed E-state index contributed by atoms with van der Waals surface area (Å²) in [4.78, 5) is 16.8. The number of pyridine rings is 1. The van der Waals surface area contributed by atoms with E-state index < -0.39 is 5.97 Å². The lowest BCUT2D eigenvalue weighted by Gasteiger charge is -2.31. The molecule has 0 aliphatic carbocycles. The highest BCUT2D eigenvalue weighted by Crippen LogP contribution is 2.18. The van der Waals surface area contributed by atoms with Crippen LogP contribution in [0.25, 0.3) is 0 Å². The molecule has 100 valence electrons. The van der Waals surface area contributed by atoms with Gasteiger partial charge in [-0.05, 0) is 34.0 Å². The van der Waals surface area contributed by atoms with E-state index in [0.717, 1.165) is 0 Å². The van der Waals surface area contributed by atoms with E-state index in [1.54, 1.807) is 0 Å². The lowest BCUT2D eigenvalue weighted by Crippen LogP contribution is -2.43. The standard InChI is InChI=1S/C12H17ClN2O3/c1-12(2,15(3)4)7-18-10-6-8(11(16)17)5-9(13)14-10/h5-6H,7H2,1-4H3,(H,16,17). The Kier molecular flexibility index (Phi) is 4.53. The Morgan fingerprint density at radius 2 is 2.11 bits per heavy atom. The van der Waals surface area contributed by atoms with E-state index in [1.165, 1.54) is 12.1 Å². The first-order chi connectivity index (χ1) is 8.22. The molecule has 0 aliphatic heterocycles. The predicted octanol–water partition coefficient (Wildman–Crippen LogP) is 2.15. The molecule has 1 N–H and O–H groups in total. The van der Waals surface area contributed by atoms with Crippen LogP contribution in [0.3, 0.4) is 0 Å². The maximum Gasteiger partial charge on any atom is 0.335 e. The fraction of sp³-hybridized carbons (Fsp3) is 0.500. The van der Waals surface area contributed by atoms with Crippen LogP contribution >= 0.6 is 11.6 Å². The van der Waals surface area contributed by atoms with E-state index in [-0.39, 0.29) is 22.1 Å². The fourth-order valence-corrected chi connectivity index (χ4v) is 1.25. The summed E-state index contributed by atoms with van der Waals surface area (Å²) in [5, 5.41) is 9.00. The third kappa shape index (κ3) is 3.85. The topological polar surface area (TPSA) is 62.7 Å². The molecule has 1 aromatic heterocycles. The minimum absolute atomic E-state index is 0.0626. The van der Waals surface area contributed by atoms with Gasteiger partial charge in [-0.25, -0.2) is 9.78 Å². The molecular formula is C12H17ClN2O3. The number of aromatic nitrogens is 1. The maximum absolute atomic E-state index is 10.9. The van der Waals surface area contributed by atoms with Crippen LogP contribution in [-0.2, 0) is 0 Å². The number of hydrogen-bond acceptors (Lipinski definition) is 4. The average Bonchev–Trinajstić information content (AvgIpc) is 2.25. The van der Waals surface area contributed by atoms with Gasteiger partial charge in [0.25, 0.3) is 0 Å². The third-order valence-corrected chi connectivity index (χ3v) is 3.00. The van der Waals surface area contributed by atoms with Gasteiger partial charge in [0.2, 0.25) is 5.88 Å². The Morgan fingerprint density at radius 3 is 2.61 bits per heavy atom. The summed E-state index contributed by atoms with van der Waals surface area (Å²) in [5.41, 5.74) is -0.124. The van der Waals surface area contributed by atoms with Crippen molar-refractivity contribution in [2.24, 2.45) is 0 Å². The summed E-state index contributed by atoms with van der Waals surface area (Å²) >= 11 is 5.74. The zero-order chi connectivity index (χ0) is 13.9. The molecule has 0 radical (unpaired) electrons. The molecule has 0 spiro atoms. The Balaban J connectivity index is 2.83. The molecule has 0 atom stereocenters. The van der Waals surface area contributed by atoms with Crippen LogP contribution in [0, 0.1) is 0 Å². The monoisotopic (exact) mass is 272 g/mol. The summed E-state index contributed by atoms with van der Waals surface area (Å²) in [6.07, 6.45) is 0. The first kappa shape index (κ1) is 14.7. The quantitative estimate of drug-likeness (QED) is 0.832. The lowest BCUT2D eigenvalue weighted by atomic mass is 10.1. The second kappa shape index (κ2) is 5.54. The number of aromatic carboxylic acids is 1. The largest absolute Gasteiger partial charge is 0.478 e. The van der Waals surface area contributed by atoms with Crippen molar-refractivity contribution in [1.29, 1.82) is 0 Å². The van der Waals surface area contributed by atoms with Gasteiger partial charge in [0.05, 0.1) is 5.56 Å². The molecular weight excluding hydrogens is 256 g/mol. The lowest BCUT2D eigenvalue weighted by molar-refractivity contribution is 0.0695. The van der Waals surface area contributed by atoms with Crippen LogP contribution in [0.4, 0.5) is 0 Å². The molecule has 5 nitrogen and oxygen atoms in total. The van der Waals surface area contributed by atoms with E-state index in [0.29, 0.717) is 6.61 Å². The number of rotatable bonds is 5. The van der Waals surface area contributed by atoms with Gasteiger partial charge in [-0.2, -0.15) is 0 Å². The highest BCUT2D eigenvalue weighted by molar-refractivity contribution is 6.29. The van der Waals surface area contributed by atoms with Crippen molar-refractivity contribution in [3.63, 3.8) is 0 Å². The molecule has 6 heteroatoms. The second-order valence-corrected chi connectivity index (χ2v) is 5.20. The van der Waals surface area contributed by atoms with Crippen molar-refractivity contribution in [1.82, 2.24) is 9.88 Å². The molecule has 0 bridgehead atoms. The molecule has 0 saturated carbocycles. The summed E-state index contributed by atoms with van der Waals surface area (Å²) in [6, 6.07) is 2.65. The molecule has 0 amide bonds. The molecule has 0 aliphatic rings. The summed E-state index contributed by atoms with van der Waals surface area (Å²) in [7, 11) is 3.88. The smallest absolute Gasteiger partial charge is 0.335 e. The van der Waals surface area contributed by atoms with Crippen molar-refractivity contribution in [2.75, 3.05) is 20.7 Å². The minimum atomic E-state index is -1.06. The Bertz CT molecular complexity index is 447. The van der Waals surface area contributed by atoms with Gasteiger partial charge < -0.3 is 14.7 Å². The van der Waals surface area contributed by atoms with Crippen molar-refractivity contribution in [3.8, 4) is 5.88 Å². The molecule has 1 aromatic rings. The number of halogens is 1. The van der Waals surface area contributed by atoms with Crippen LogP contribution in [-0.4, -0.2) is 47.2 Å². The third-order valence-electron chi connectivity index (χ3n) is 2.80. The Labute approximate surface area is 111 Å². The van der Waals surface area contributed by atoms with Crippen molar-refractivity contribution >= 4 is 17.6 Å². The maximum atomic E-state index is 10.9. The highest BCUT2D eigenvalue weighted by atomic mass is 35.5. The van der Waals surface area contributed by atoms with Gasteiger partial charge in [0, 0.05) is 11.6 Å². The Morgan fingerprint density at radius 1 is 1.50 bits per heavy atom. The van der Waals surface area contributed by atoms with Gasteiger partial charge >= 0.3 is 5.97 Å². The first-order valence-corrected chi connectivity index (χ1v) is 5.81. The van der Waals surface area contributed by atoms with E-state index in [4.69, 9.17) is 21.4 Å². The molecule has 18 heavy (non-hydrogen) atoms. The number of nitrogens with zero attached hydrogens (tertiary/aromatic N) is 2. The SMILES string of the molecule is CN(C)C(C)(C)COc1cc(C(=O)O)cc(Cl)n1. The van der Waals surface area contributed by atoms with Crippen LogP contribution in [0.5, 0.6) is 5.88 Å². The van der Waals surface area contributed by atoms with Crippen LogP contribution in [0.15, 0.2) is 12.1 Å². The first-order valence-electron chi connectivity index (χ1n) is 5.43.